The van der Waals surface area contributed by atoms with Gasteiger partial charge in [0.1, 0.15) is 11.5 Å². The second-order valence-electron chi connectivity index (χ2n) is 5.25. The normalized spacial score (nSPS) is 17.4. The molecule has 106 valence electrons. The fraction of sp³-hybridized carbons (Fsp3) is 0.625. The van der Waals surface area contributed by atoms with Gasteiger partial charge in [0.05, 0.1) is 19.9 Å². The van der Waals surface area contributed by atoms with Crippen LogP contribution in [0.2, 0.25) is 0 Å². The number of nitrogens with one attached hydrogen (secondary N) is 1. The molecule has 0 atom stereocenters. The van der Waals surface area contributed by atoms with E-state index in [1.165, 1.54) is 44.9 Å². The Morgan fingerprint density at radius 1 is 0.947 bits per heavy atom. The lowest BCUT2D eigenvalue weighted by Gasteiger charge is -2.23. The van der Waals surface area contributed by atoms with Crippen LogP contribution in [0.3, 0.4) is 0 Å². The van der Waals surface area contributed by atoms with E-state index in [2.05, 4.69) is 5.32 Å². The number of benzene rings is 1. The monoisotopic (exact) mass is 263 g/mol. The summed E-state index contributed by atoms with van der Waals surface area (Å²) in [5, 5.41) is 3.64. The summed E-state index contributed by atoms with van der Waals surface area (Å²) in [5.41, 5.74) is 1.05. The van der Waals surface area contributed by atoms with Crippen LogP contribution in [-0.4, -0.2) is 20.3 Å². The van der Waals surface area contributed by atoms with Crippen molar-refractivity contribution in [2.45, 2.75) is 51.0 Å². The van der Waals surface area contributed by atoms with Crippen molar-refractivity contribution in [1.82, 2.24) is 0 Å². The van der Waals surface area contributed by atoms with Gasteiger partial charge in [-0.2, -0.15) is 0 Å². The Morgan fingerprint density at radius 3 is 2.26 bits per heavy atom. The molecule has 1 aromatic carbocycles. The molecule has 3 nitrogen and oxygen atoms in total. The molecule has 2 rings (SSSR count). The Kier molecular flexibility index (Phi) is 5.37. The van der Waals surface area contributed by atoms with Gasteiger partial charge in [0.2, 0.25) is 0 Å². The third kappa shape index (κ3) is 4.05. The molecule has 0 unspecified atom stereocenters. The maximum atomic E-state index is 5.42. The summed E-state index contributed by atoms with van der Waals surface area (Å²) in [6.07, 6.45) is 9.28. The molecule has 0 radical (unpaired) electrons. The lowest BCUT2D eigenvalue weighted by molar-refractivity contribution is 0.403. The van der Waals surface area contributed by atoms with Crippen molar-refractivity contribution in [3.8, 4) is 11.5 Å². The molecule has 0 saturated heterocycles. The molecule has 0 amide bonds. The highest BCUT2D eigenvalue weighted by Crippen LogP contribution is 2.31. The number of ether oxygens (including phenoxy) is 2. The van der Waals surface area contributed by atoms with Gasteiger partial charge in [0.25, 0.3) is 0 Å². The summed E-state index contributed by atoms with van der Waals surface area (Å²) in [4.78, 5) is 0. The minimum Gasteiger partial charge on any atom is -0.497 e. The van der Waals surface area contributed by atoms with Gasteiger partial charge in [0, 0.05) is 12.1 Å². The molecule has 1 saturated carbocycles. The van der Waals surface area contributed by atoms with Gasteiger partial charge in [-0.3, -0.25) is 0 Å². The van der Waals surface area contributed by atoms with Crippen LogP contribution in [0.25, 0.3) is 0 Å². The van der Waals surface area contributed by atoms with Crippen molar-refractivity contribution in [3.05, 3.63) is 18.2 Å². The van der Waals surface area contributed by atoms with Crippen LogP contribution in [0.15, 0.2) is 18.2 Å². The molecule has 1 N–H and O–H groups in total. The quantitative estimate of drug-likeness (QED) is 0.882. The topological polar surface area (TPSA) is 30.5 Å². The van der Waals surface area contributed by atoms with E-state index in [0.29, 0.717) is 6.04 Å². The molecule has 3 heteroatoms. The predicted molar refractivity (Wildman–Crippen MR) is 79.3 cm³/mol. The number of anilines is 1. The largest absolute Gasteiger partial charge is 0.497 e. The first-order valence-electron chi connectivity index (χ1n) is 7.32. The lowest BCUT2D eigenvalue weighted by atomic mass is 9.96. The first-order valence-corrected chi connectivity index (χ1v) is 7.32. The summed E-state index contributed by atoms with van der Waals surface area (Å²) in [6, 6.07) is 6.48. The molecule has 0 spiro atoms. The Morgan fingerprint density at radius 2 is 1.63 bits per heavy atom. The van der Waals surface area contributed by atoms with Crippen molar-refractivity contribution in [2.75, 3.05) is 19.5 Å². The molecule has 1 fully saturated rings. The van der Waals surface area contributed by atoms with E-state index in [1.54, 1.807) is 14.2 Å². The van der Waals surface area contributed by atoms with Gasteiger partial charge in [-0.15, -0.1) is 0 Å². The summed E-state index contributed by atoms with van der Waals surface area (Å²) >= 11 is 0. The zero-order valence-corrected chi connectivity index (χ0v) is 12.1. The summed E-state index contributed by atoms with van der Waals surface area (Å²) in [7, 11) is 3.41. The van der Waals surface area contributed by atoms with Gasteiger partial charge in [0.15, 0.2) is 0 Å². The van der Waals surface area contributed by atoms with Crippen molar-refractivity contribution in [3.63, 3.8) is 0 Å². The summed E-state index contributed by atoms with van der Waals surface area (Å²) in [5.74, 6) is 1.76. The molecule has 0 aliphatic heterocycles. The second-order valence-corrected chi connectivity index (χ2v) is 5.25. The van der Waals surface area contributed by atoms with Gasteiger partial charge in [-0.1, -0.05) is 32.1 Å². The average molecular weight is 263 g/mol. The van der Waals surface area contributed by atoms with Crippen LogP contribution in [-0.2, 0) is 0 Å². The minimum atomic E-state index is 0.557. The average Bonchev–Trinajstić information content (AvgIpc) is 2.41. The van der Waals surface area contributed by atoms with Crippen LogP contribution in [0, 0.1) is 0 Å². The van der Waals surface area contributed by atoms with Gasteiger partial charge < -0.3 is 14.8 Å². The van der Waals surface area contributed by atoms with E-state index >= 15 is 0 Å². The van der Waals surface area contributed by atoms with Crippen molar-refractivity contribution < 1.29 is 9.47 Å². The third-order valence-corrected chi connectivity index (χ3v) is 3.87. The maximum Gasteiger partial charge on any atom is 0.142 e. The molecule has 1 aromatic rings. The van der Waals surface area contributed by atoms with Crippen LogP contribution in [0.4, 0.5) is 5.69 Å². The zero-order valence-electron chi connectivity index (χ0n) is 12.1. The van der Waals surface area contributed by atoms with E-state index in [4.69, 9.17) is 9.47 Å². The fourth-order valence-corrected chi connectivity index (χ4v) is 2.75. The van der Waals surface area contributed by atoms with Crippen molar-refractivity contribution in [2.24, 2.45) is 0 Å². The third-order valence-electron chi connectivity index (χ3n) is 3.87. The minimum absolute atomic E-state index is 0.557. The molecule has 1 aliphatic rings. The molecule has 1 aliphatic carbocycles. The van der Waals surface area contributed by atoms with Gasteiger partial charge >= 0.3 is 0 Å². The van der Waals surface area contributed by atoms with E-state index in [1.807, 2.05) is 18.2 Å². The van der Waals surface area contributed by atoms with E-state index in [9.17, 15) is 0 Å². The van der Waals surface area contributed by atoms with E-state index in [0.717, 1.165) is 17.2 Å². The standard InChI is InChI=1S/C16H25NO2/c1-18-14-10-11-16(19-2)15(12-14)17-13-8-6-4-3-5-7-9-13/h10-13,17H,3-9H2,1-2H3. The fourth-order valence-electron chi connectivity index (χ4n) is 2.75. The number of hydrogen-bond acceptors (Lipinski definition) is 3. The number of methoxy groups -OCH3 is 2. The molecule has 0 aromatic heterocycles. The van der Waals surface area contributed by atoms with Crippen molar-refractivity contribution in [1.29, 1.82) is 0 Å². The Hall–Kier alpha value is -1.38. The van der Waals surface area contributed by atoms with Crippen LogP contribution >= 0.6 is 0 Å². The van der Waals surface area contributed by atoms with Gasteiger partial charge in [-0.25, -0.2) is 0 Å². The highest BCUT2D eigenvalue weighted by molar-refractivity contribution is 5.60. The summed E-state index contributed by atoms with van der Waals surface area (Å²) in [6.45, 7) is 0. The van der Waals surface area contributed by atoms with Crippen LogP contribution in [0.5, 0.6) is 11.5 Å². The van der Waals surface area contributed by atoms with Gasteiger partial charge in [-0.05, 0) is 25.0 Å². The Labute approximate surface area is 116 Å². The Balaban J connectivity index is 2.06. The smallest absolute Gasteiger partial charge is 0.142 e. The summed E-state index contributed by atoms with van der Waals surface area (Å²) < 4.78 is 10.7. The van der Waals surface area contributed by atoms with Crippen molar-refractivity contribution >= 4 is 5.69 Å². The Bertz CT molecular complexity index is 384. The molecule has 19 heavy (non-hydrogen) atoms. The highest BCUT2D eigenvalue weighted by atomic mass is 16.5. The molecular weight excluding hydrogens is 238 g/mol. The lowest BCUT2D eigenvalue weighted by Crippen LogP contribution is -2.20. The SMILES string of the molecule is COc1ccc(OC)c(NC2CCCCCCC2)c1. The molecular formula is C16H25NO2. The molecule has 0 bridgehead atoms. The first-order chi connectivity index (χ1) is 9.33. The second kappa shape index (κ2) is 7.27. The van der Waals surface area contributed by atoms with Crippen LogP contribution in [0.1, 0.15) is 44.9 Å². The van der Waals surface area contributed by atoms with Crippen LogP contribution < -0.4 is 14.8 Å². The number of rotatable bonds is 4. The highest BCUT2D eigenvalue weighted by Gasteiger charge is 2.13. The predicted octanol–water partition coefficient (Wildman–Crippen LogP) is 4.23. The molecule has 0 heterocycles. The first kappa shape index (κ1) is 14.0. The van der Waals surface area contributed by atoms with E-state index in [-0.39, 0.29) is 0 Å². The maximum absolute atomic E-state index is 5.42. The van der Waals surface area contributed by atoms with E-state index < -0.39 is 0 Å². The number of hydrogen-bond donors (Lipinski definition) is 1. The zero-order chi connectivity index (χ0) is 13.5.